The first-order chi connectivity index (χ1) is 17.4. The van der Waals surface area contributed by atoms with Gasteiger partial charge in [-0.25, -0.2) is 0 Å². The van der Waals surface area contributed by atoms with Crippen LogP contribution in [0.5, 0.6) is 5.75 Å². The number of aliphatic hydroxyl groups excluding tert-OH is 1. The third kappa shape index (κ3) is 8.62. The molecule has 196 valence electrons. The van der Waals surface area contributed by atoms with Crippen molar-refractivity contribution in [2.75, 3.05) is 19.8 Å². The highest BCUT2D eigenvalue weighted by Crippen LogP contribution is 2.36. The van der Waals surface area contributed by atoms with Gasteiger partial charge in [0.15, 0.2) is 0 Å². The van der Waals surface area contributed by atoms with Gasteiger partial charge in [-0.1, -0.05) is 74.9 Å². The summed E-state index contributed by atoms with van der Waals surface area (Å²) < 4.78 is 12.5. The van der Waals surface area contributed by atoms with Crippen molar-refractivity contribution in [3.8, 4) is 11.8 Å². The summed E-state index contributed by atoms with van der Waals surface area (Å²) in [6.45, 7) is 8.14. The average Bonchev–Trinajstić information content (AvgIpc) is 3.32. The number of nitrogens with zero attached hydrogens (tertiary/aromatic N) is 2. The minimum absolute atomic E-state index is 0.0331. The molecule has 3 rings (SSSR count). The van der Waals surface area contributed by atoms with Gasteiger partial charge in [0.1, 0.15) is 30.8 Å². The van der Waals surface area contributed by atoms with Gasteiger partial charge in [0.25, 0.3) is 0 Å². The first-order valence-corrected chi connectivity index (χ1v) is 13.7. The van der Waals surface area contributed by atoms with Crippen LogP contribution in [-0.4, -0.2) is 41.4 Å². The number of rotatable bonds is 14. The molecular weight excluding hydrogens is 448 g/mol. The van der Waals surface area contributed by atoms with E-state index in [1.54, 1.807) is 0 Å². The van der Waals surface area contributed by atoms with Gasteiger partial charge in [0.05, 0.1) is 5.56 Å². The van der Waals surface area contributed by atoms with Gasteiger partial charge in [0, 0.05) is 18.7 Å². The lowest BCUT2D eigenvalue weighted by Gasteiger charge is -2.35. The largest absolute Gasteiger partial charge is 0.489 e. The maximum atomic E-state index is 9.72. The quantitative estimate of drug-likeness (QED) is 0.294. The topological polar surface area (TPSA) is 65.7 Å². The minimum Gasteiger partial charge on any atom is -0.489 e. The number of ether oxygens (including phenoxy) is 2. The van der Waals surface area contributed by atoms with Crippen LogP contribution in [0.4, 0.5) is 0 Å². The number of hydrogen-bond acceptors (Lipinski definition) is 5. The highest BCUT2D eigenvalue weighted by molar-refractivity contribution is 5.45. The monoisotopic (exact) mass is 492 g/mol. The minimum atomic E-state index is -0.0989. The highest BCUT2D eigenvalue weighted by Gasteiger charge is 2.40. The van der Waals surface area contributed by atoms with Crippen LogP contribution >= 0.6 is 0 Å². The third-order valence-corrected chi connectivity index (χ3v) is 6.91. The number of nitriles is 1. The van der Waals surface area contributed by atoms with Crippen LogP contribution in [0.25, 0.3) is 0 Å². The molecule has 0 aromatic heterocycles. The Morgan fingerprint density at radius 3 is 2.28 bits per heavy atom. The zero-order valence-electron chi connectivity index (χ0n) is 22.4. The van der Waals surface area contributed by atoms with Gasteiger partial charge < -0.3 is 14.6 Å². The molecule has 0 amide bonds. The van der Waals surface area contributed by atoms with Crippen molar-refractivity contribution in [3.63, 3.8) is 0 Å². The molecule has 5 heteroatoms. The van der Waals surface area contributed by atoms with Gasteiger partial charge in [-0.05, 0) is 63.3 Å². The summed E-state index contributed by atoms with van der Waals surface area (Å²) >= 11 is 0. The number of aliphatic hydroxyl groups is 1. The fourth-order valence-corrected chi connectivity index (χ4v) is 4.84. The molecule has 1 N–H and O–H groups in total. The normalized spacial score (nSPS) is 18.3. The Hall–Kier alpha value is -2.39. The summed E-state index contributed by atoms with van der Waals surface area (Å²) in [7, 11) is 0. The van der Waals surface area contributed by atoms with Crippen LogP contribution in [0.1, 0.15) is 95.1 Å². The van der Waals surface area contributed by atoms with Crippen LogP contribution in [0.3, 0.4) is 0 Å². The lowest BCUT2D eigenvalue weighted by Crippen LogP contribution is -2.42. The maximum Gasteiger partial charge on any atom is 0.137 e. The molecule has 1 heterocycles. The molecule has 0 saturated carbocycles. The molecule has 0 bridgehead atoms. The van der Waals surface area contributed by atoms with E-state index in [9.17, 15) is 5.26 Å². The zero-order chi connectivity index (χ0) is 25.8. The van der Waals surface area contributed by atoms with E-state index >= 15 is 0 Å². The molecule has 5 nitrogen and oxygen atoms in total. The van der Waals surface area contributed by atoms with Gasteiger partial charge >= 0.3 is 0 Å². The molecule has 2 atom stereocenters. The van der Waals surface area contributed by atoms with Crippen LogP contribution in [-0.2, 0) is 11.2 Å². The number of unbranched alkanes of at least 4 members (excludes halogenated alkanes) is 7. The molecule has 1 saturated heterocycles. The van der Waals surface area contributed by atoms with Crippen molar-refractivity contribution in [2.45, 2.75) is 96.4 Å². The second kappa shape index (κ2) is 14.4. The number of aryl methyl sites for hydroxylation is 1. The highest BCUT2D eigenvalue weighted by atomic mass is 16.6. The molecule has 1 unspecified atom stereocenters. The molecule has 36 heavy (non-hydrogen) atoms. The van der Waals surface area contributed by atoms with Crippen molar-refractivity contribution in [3.05, 3.63) is 65.2 Å². The van der Waals surface area contributed by atoms with E-state index in [1.807, 2.05) is 30.3 Å². The summed E-state index contributed by atoms with van der Waals surface area (Å²) in [5.74, 6) is 0.637. The predicted octanol–water partition coefficient (Wildman–Crippen LogP) is 6.79. The second-order valence-corrected chi connectivity index (χ2v) is 10.9. The molecule has 0 aliphatic carbocycles. The average molecular weight is 493 g/mol. The number of benzene rings is 2. The van der Waals surface area contributed by atoms with E-state index in [0.717, 1.165) is 37.8 Å². The van der Waals surface area contributed by atoms with Crippen LogP contribution in [0.2, 0.25) is 0 Å². The van der Waals surface area contributed by atoms with Crippen molar-refractivity contribution < 1.29 is 14.6 Å². The van der Waals surface area contributed by atoms with Gasteiger partial charge in [-0.2, -0.15) is 5.26 Å². The van der Waals surface area contributed by atoms with Gasteiger partial charge in [-0.3, -0.25) is 4.90 Å². The van der Waals surface area contributed by atoms with E-state index in [0.29, 0.717) is 24.5 Å². The summed E-state index contributed by atoms with van der Waals surface area (Å²) in [5.41, 5.74) is 2.91. The summed E-state index contributed by atoms with van der Waals surface area (Å²) in [6.07, 6.45) is 10.2. The van der Waals surface area contributed by atoms with Crippen LogP contribution in [0, 0.1) is 11.3 Å². The fourth-order valence-electron chi connectivity index (χ4n) is 4.84. The molecule has 0 spiro atoms. The summed E-state index contributed by atoms with van der Waals surface area (Å²) in [6, 6.07) is 18.7. The summed E-state index contributed by atoms with van der Waals surface area (Å²) in [5, 5.41) is 18.6. The van der Waals surface area contributed by atoms with E-state index in [1.165, 1.54) is 37.7 Å². The lowest BCUT2D eigenvalue weighted by atomic mass is 10.0. The van der Waals surface area contributed by atoms with Crippen LogP contribution < -0.4 is 4.74 Å². The SMILES string of the molecule is CC(C)(C)N1C[C@@H](COc2ccc(CCCCCCCCCCO)cc2C#N)OC1c1ccccc1. The second-order valence-electron chi connectivity index (χ2n) is 10.9. The molecule has 1 aliphatic rings. The Morgan fingerprint density at radius 1 is 0.972 bits per heavy atom. The Kier molecular flexibility index (Phi) is 11.3. The van der Waals surface area contributed by atoms with Crippen molar-refractivity contribution in [1.29, 1.82) is 5.26 Å². The Balaban J connectivity index is 1.47. The first-order valence-electron chi connectivity index (χ1n) is 13.7. The lowest BCUT2D eigenvalue weighted by molar-refractivity contribution is -0.0398. The molecular formula is C31H44N2O3. The van der Waals surface area contributed by atoms with Crippen molar-refractivity contribution >= 4 is 0 Å². The van der Waals surface area contributed by atoms with Crippen molar-refractivity contribution in [2.24, 2.45) is 0 Å². The van der Waals surface area contributed by atoms with E-state index < -0.39 is 0 Å². The Labute approximate surface area is 218 Å². The Morgan fingerprint density at radius 2 is 1.64 bits per heavy atom. The standard InChI is InChI=1S/C31H44N2O3/c1-31(2,3)33-23-28(36-30(33)26-16-12-10-13-17-26)24-35-29-19-18-25(21-27(29)22-32)15-11-8-6-4-5-7-9-14-20-34/h10,12-13,16-19,21,28,30,34H,4-9,11,14-15,20,23-24H2,1-3H3/t28-,30?/m0/s1. The van der Waals surface area contributed by atoms with E-state index in [4.69, 9.17) is 14.6 Å². The van der Waals surface area contributed by atoms with Gasteiger partial charge in [-0.15, -0.1) is 0 Å². The summed E-state index contributed by atoms with van der Waals surface area (Å²) in [4.78, 5) is 2.37. The smallest absolute Gasteiger partial charge is 0.137 e. The molecule has 1 aliphatic heterocycles. The van der Waals surface area contributed by atoms with Crippen LogP contribution in [0.15, 0.2) is 48.5 Å². The van der Waals surface area contributed by atoms with E-state index in [2.05, 4.69) is 49.9 Å². The number of hydrogen-bond donors (Lipinski definition) is 1. The van der Waals surface area contributed by atoms with Gasteiger partial charge in [0.2, 0.25) is 0 Å². The third-order valence-electron chi connectivity index (χ3n) is 6.91. The van der Waals surface area contributed by atoms with E-state index in [-0.39, 0.29) is 17.9 Å². The molecule has 1 fully saturated rings. The fraction of sp³-hybridized carbons (Fsp3) is 0.581. The Bertz CT molecular complexity index is 949. The molecule has 2 aromatic rings. The van der Waals surface area contributed by atoms with Crippen molar-refractivity contribution in [1.82, 2.24) is 4.90 Å². The predicted molar refractivity (Wildman–Crippen MR) is 145 cm³/mol. The maximum absolute atomic E-state index is 9.72. The first kappa shape index (κ1) is 28.2. The zero-order valence-corrected chi connectivity index (χ0v) is 22.4. The molecule has 0 radical (unpaired) electrons. The molecule has 2 aromatic carbocycles.